The fourth-order valence-corrected chi connectivity index (χ4v) is 10.1. The monoisotopic (exact) mass is 1370 g/mol. The summed E-state index contributed by atoms with van der Waals surface area (Å²) in [4.78, 5) is 95.0. The molecule has 5 aromatic rings. The van der Waals surface area contributed by atoms with Crippen LogP contribution in [0.1, 0.15) is 65.5 Å². The average molecular weight is 1370 g/mol. The van der Waals surface area contributed by atoms with Gasteiger partial charge in [-0.15, -0.1) is 0 Å². The zero-order valence-corrected chi connectivity index (χ0v) is 57.7. The molecular formula is C75H94N4O20. The Kier molecular flexibility index (Phi) is 35.9. The normalized spacial score (nSPS) is 16.4. The van der Waals surface area contributed by atoms with E-state index in [0.717, 1.165) is 36.1 Å². The highest BCUT2D eigenvalue weighted by Crippen LogP contribution is 2.52. The van der Waals surface area contributed by atoms with Crippen LogP contribution in [-0.2, 0) is 63.6 Å². The van der Waals surface area contributed by atoms with Gasteiger partial charge in [0.2, 0.25) is 0 Å². The molecule has 1 saturated carbocycles. The molecule has 4 amide bonds. The lowest BCUT2D eigenvalue weighted by molar-refractivity contribution is -0.144. The number of benzene rings is 5. The van der Waals surface area contributed by atoms with Gasteiger partial charge in [0.1, 0.15) is 75.9 Å². The van der Waals surface area contributed by atoms with Gasteiger partial charge in [0.05, 0.1) is 0 Å². The topological polar surface area (TPSA) is 287 Å². The smallest absolute Gasteiger partial charge is 0.410 e. The number of amides is 4. The first-order valence-electron chi connectivity index (χ1n) is 32.2. The zero-order valence-electron chi connectivity index (χ0n) is 57.7. The minimum absolute atomic E-state index is 0.0470. The number of hydrogen-bond donors (Lipinski definition) is 3. The Hall–Kier alpha value is -10.8. The van der Waals surface area contributed by atoms with Crippen molar-refractivity contribution in [3.8, 4) is 23.0 Å². The summed E-state index contributed by atoms with van der Waals surface area (Å²) in [5, 5.41) is 7.52. The van der Waals surface area contributed by atoms with E-state index >= 15 is 0 Å². The molecule has 24 nitrogen and oxygen atoms in total. The number of likely N-dealkylation sites (tertiary alicyclic amines) is 1. The van der Waals surface area contributed by atoms with E-state index in [1.165, 1.54) is 7.05 Å². The molecule has 1 saturated heterocycles. The molecule has 5 aromatic carbocycles. The highest BCUT2D eigenvalue weighted by Gasteiger charge is 2.57. The number of ether oxygens (including phenoxy) is 12. The second kappa shape index (κ2) is 44.1. The van der Waals surface area contributed by atoms with Crippen LogP contribution in [0.15, 0.2) is 195 Å². The molecule has 534 valence electrons. The number of nitrogens with one attached hydrogen (secondary N) is 3. The van der Waals surface area contributed by atoms with Crippen LogP contribution < -0.4 is 34.9 Å². The molecule has 8 atom stereocenters. The molecule has 2 aliphatic rings. The standard InChI is InChI=1S/C23H31NO5.C22H25NO5.C16H21NO5.C14H17NO5/c1-5-20(25)28-14-19(13-27-18-9-7-6-8-10-18)29-22(26)24-15-23(4)12-16(2)11-17(3)21(23)24;1-16(2)21(24)27-15-20(14-26-19-10-5-4-6-11-19)28-22(25)23-13-18-9-7-8-17(3)12-18;1-4-17-16(19)22-14(11-21-15(18)12(2)3)10-20-13-8-6-5-7-9-13;1-3-13(16)19-10-12(20-14(17)15-2)9-18-11-7-5-4-6-8-11/h5-10,16-17,19,21H,1,11-15H2,2-4H3;4-12,20H,1,13-15H2,2-3H3,(H,23,25);5-9,14H,2,4,10-11H2,1,3H3,(H,17,19);3-8,12H,1,9-10H2,2H3,(H,15,17). The SMILES string of the molecule is C=C(C)C(=O)OCC(COc1ccccc1)OC(=O)NCC.C=C(C)C(=O)OCC(COc1ccccc1)OC(=O)NCc1cccc(C)c1.C=CC(=O)OCC(COc1ccccc1)OC(=O)N1CC2(C)CC(C)CC(C)C12.C=CC(=O)OCC(COc1ccccc1)OC(=O)NC. The number of aryl methyl sites for hydroxylation is 1. The van der Waals surface area contributed by atoms with Crippen molar-refractivity contribution in [1.29, 1.82) is 0 Å². The van der Waals surface area contributed by atoms with Crippen molar-refractivity contribution in [2.24, 2.45) is 17.3 Å². The van der Waals surface area contributed by atoms with Gasteiger partial charge < -0.3 is 77.7 Å². The van der Waals surface area contributed by atoms with Crippen LogP contribution >= 0.6 is 0 Å². The summed E-state index contributed by atoms with van der Waals surface area (Å²) in [6, 6.07) is 44.5. The van der Waals surface area contributed by atoms with E-state index in [-0.39, 0.29) is 81.6 Å². The molecule has 2 fully saturated rings. The quantitative estimate of drug-likeness (QED) is 0.0211. The minimum Gasteiger partial charge on any atom is -0.490 e. The molecule has 1 aliphatic carbocycles. The summed E-state index contributed by atoms with van der Waals surface area (Å²) in [5.74, 6) is 1.44. The van der Waals surface area contributed by atoms with Gasteiger partial charge in [-0.1, -0.05) is 150 Å². The van der Waals surface area contributed by atoms with E-state index in [9.17, 15) is 38.4 Å². The summed E-state index contributed by atoms with van der Waals surface area (Å²) in [5.41, 5.74) is 2.77. The van der Waals surface area contributed by atoms with Gasteiger partial charge >= 0.3 is 48.3 Å². The molecule has 24 heteroatoms. The number of rotatable bonds is 31. The second-order valence-corrected chi connectivity index (χ2v) is 23.4. The summed E-state index contributed by atoms with van der Waals surface area (Å²) in [6.45, 7) is 28.6. The maximum Gasteiger partial charge on any atom is 0.410 e. The maximum atomic E-state index is 12.9. The molecule has 0 bridgehead atoms. The van der Waals surface area contributed by atoms with Crippen molar-refractivity contribution in [2.45, 2.75) is 98.3 Å². The van der Waals surface area contributed by atoms with Crippen LogP contribution in [0.4, 0.5) is 19.2 Å². The number of hydrogen-bond acceptors (Lipinski definition) is 20. The van der Waals surface area contributed by atoms with E-state index in [2.05, 4.69) is 63.0 Å². The molecule has 1 aliphatic heterocycles. The van der Waals surface area contributed by atoms with Crippen molar-refractivity contribution >= 4 is 48.3 Å². The van der Waals surface area contributed by atoms with Crippen LogP contribution in [-0.4, -0.2) is 157 Å². The molecule has 8 unspecified atom stereocenters. The fourth-order valence-electron chi connectivity index (χ4n) is 10.1. The highest BCUT2D eigenvalue weighted by molar-refractivity contribution is 5.87. The van der Waals surface area contributed by atoms with E-state index < -0.39 is 66.6 Å². The van der Waals surface area contributed by atoms with Crippen molar-refractivity contribution in [3.63, 3.8) is 0 Å². The maximum absolute atomic E-state index is 12.9. The third kappa shape index (κ3) is 31.8. The third-order valence-corrected chi connectivity index (χ3v) is 14.4. The number of fused-ring (bicyclic) bond motifs is 1. The van der Waals surface area contributed by atoms with E-state index in [0.29, 0.717) is 54.5 Å². The number of nitrogens with zero attached hydrogens (tertiary/aromatic N) is 1. The lowest BCUT2D eigenvalue weighted by Crippen LogP contribution is -2.69. The van der Waals surface area contributed by atoms with Crippen LogP contribution in [0.25, 0.3) is 0 Å². The molecule has 99 heavy (non-hydrogen) atoms. The summed E-state index contributed by atoms with van der Waals surface area (Å²) >= 11 is 0. The van der Waals surface area contributed by atoms with Gasteiger partial charge in [0, 0.05) is 61.4 Å². The highest BCUT2D eigenvalue weighted by atomic mass is 16.6. The molecular weight excluding hydrogens is 1280 g/mol. The molecule has 0 radical (unpaired) electrons. The molecule has 7 rings (SSSR count). The van der Waals surface area contributed by atoms with Crippen molar-refractivity contribution < 1.29 is 95.2 Å². The van der Waals surface area contributed by atoms with E-state index in [1.807, 2.05) is 121 Å². The lowest BCUT2D eigenvalue weighted by Gasteiger charge is -2.61. The molecule has 0 spiro atoms. The van der Waals surface area contributed by atoms with Gasteiger partial charge in [0.15, 0.2) is 24.4 Å². The first-order valence-corrected chi connectivity index (χ1v) is 32.2. The van der Waals surface area contributed by atoms with Crippen LogP contribution in [0.3, 0.4) is 0 Å². The number of para-hydroxylation sites is 4. The van der Waals surface area contributed by atoms with Gasteiger partial charge in [-0.2, -0.15) is 0 Å². The van der Waals surface area contributed by atoms with Crippen molar-refractivity contribution in [3.05, 3.63) is 206 Å². The van der Waals surface area contributed by atoms with Gasteiger partial charge in [-0.3, -0.25) is 0 Å². The number of esters is 4. The van der Waals surface area contributed by atoms with Crippen LogP contribution in [0.2, 0.25) is 0 Å². The number of carbonyl (C=O) groups excluding carboxylic acids is 8. The first-order chi connectivity index (χ1) is 47.4. The van der Waals surface area contributed by atoms with Crippen molar-refractivity contribution in [2.75, 3.05) is 73.0 Å². The van der Waals surface area contributed by atoms with Gasteiger partial charge in [0.25, 0.3) is 0 Å². The van der Waals surface area contributed by atoms with Gasteiger partial charge in [-0.05, 0) is 106 Å². The Morgan fingerprint density at radius 2 is 0.919 bits per heavy atom. The third-order valence-electron chi connectivity index (χ3n) is 14.4. The minimum atomic E-state index is -0.763. The zero-order chi connectivity index (χ0) is 72.5. The Labute approximate surface area is 579 Å². The largest absolute Gasteiger partial charge is 0.490 e. The van der Waals surface area contributed by atoms with Crippen molar-refractivity contribution in [1.82, 2.24) is 20.9 Å². The number of alkyl carbamates (subject to hydrolysis) is 3. The summed E-state index contributed by atoms with van der Waals surface area (Å²) in [7, 11) is 1.44. The molecule has 1 heterocycles. The number of carbonyl (C=O) groups is 8. The van der Waals surface area contributed by atoms with E-state index in [4.69, 9.17) is 56.8 Å². The van der Waals surface area contributed by atoms with Crippen LogP contribution in [0, 0.1) is 24.2 Å². The summed E-state index contributed by atoms with van der Waals surface area (Å²) in [6.07, 6.45) is -0.717. The van der Waals surface area contributed by atoms with Gasteiger partial charge in [-0.25, -0.2) is 38.4 Å². The summed E-state index contributed by atoms with van der Waals surface area (Å²) < 4.78 is 63.6. The van der Waals surface area contributed by atoms with E-state index in [1.54, 1.807) is 57.2 Å². The Bertz CT molecular complexity index is 3360. The Balaban J connectivity index is 0.000000284. The predicted octanol–water partition coefficient (Wildman–Crippen LogP) is 11.7. The average Bonchev–Trinajstić information content (AvgIpc) is 0.728. The second-order valence-electron chi connectivity index (χ2n) is 23.4. The van der Waals surface area contributed by atoms with Crippen LogP contribution in [0.5, 0.6) is 23.0 Å². The Morgan fingerprint density at radius 1 is 0.535 bits per heavy atom. The first kappa shape index (κ1) is 80.7. The lowest BCUT2D eigenvalue weighted by atomic mass is 9.58. The fraction of sp³-hybridized carbons (Fsp3) is 0.387. The Morgan fingerprint density at radius 3 is 1.28 bits per heavy atom. The molecule has 3 N–H and O–H groups in total. The molecule has 0 aromatic heterocycles. The predicted molar refractivity (Wildman–Crippen MR) is 370 cm³/mol.